The molecule has 0 unspecified atom stereocenters. The first-order valence-electron chi connectivity index (χ1n) is 8.30. The predicted octanol–water partition coefficient (Wildman–Crippen LogP) is 0.838. The Morgan fingerprint density at radius 3 is 2.96 bits per heavy atom. The second-order valence-corrected chi connectivity index (χ2v) is 7.42. The molecule has 1 N–H and O–H groups in total. The molecule has 4 rings (SSSR count). The molecule has 1 aliphatic carbocycles. The molecule has 0 spiro atoms. The SMILES string of the molecule is Cc1nnc(SCC(=O)N[C@H]2[C@H]3CCO[C@H]3[C@@H]2N2CCCC2)o1. The molecule has 1 aromatic heterocycles. The Labute approximate surface area is 139 Å². The Morgan fingerprint density at radius 2 is 2.22 bits per heavy atom. The molecule has 0 bridgehead atoms. The van der Waals surface area contributed by atoms with Gasteiger partial charge in [0.25, 0.3) is 5.22 Å². The Balaban J connectivity index is 1.33. The van der Waals surface area contributed by atoms with Gasteiger partial charge >= 0.3 is 0 Å². The van der Waals surface area contributed by atoms with Crippen molar-refractivity contribution in [2.45, 2.75) is 49.6 Å². The highest BCUT2D eigenvalue weighted by Gasteiger charge is 2.56. The van der Waals surface area contributed by atoms with Crippen molar-refractivity contribution in [2.24, 2.45) is 5.92 Å². The van der Waals surface area contributed by atoms with E-state index in [4.69, 9.17) is 9.15 Å². The molecule has 2 saturated heterocycles. The van der Waals surface area contributed by atoms with Gasteiger partial charge in [-0.1, -0.05) is 11.8 Å². The molecule has 0 radical (unpaired) electrons. The van der Waals surface area contributed by atoms with Crippen LogP contribution in [0.25, 0.3) is 0 Å². The largest absolute Gasteiger partial charge is 0.416 e. The van der Waals surface area contributed by atoms with Crippen LogP contribution in [0.15, 0.2) is 9.64 Å². The fraction of sp³-hybridized carbons (Fsp3) is 0.800. The van der Waals surface area contributed by atoms with E-state index in [0.29, 0.717) is 34.9 Å². The molecule has 0 aromatic carbocycles. The van der Waals surface area contributed by atoms with Crippen LogP contribution in [0, 0.1) is 12.8 Å². The first-order chi connectivity index (χ1) is 11.2. The number of aryl methyl sites for hydroxylation is 1. The minimum atomic E-state index is 0.0328. The number of carbonyl (C=O) groups is 1. The van der Waals surface area contributed by atoms with Crippen LogP contribution < -0.4 is 5.32 Å². The van der Waals surface area contributed by atoms with Gasteiger partial charge in [0.15, 0.2) is 0 Å². The van der Waals surface area contributed by atoms with Crippen molar-refractivity contribution in [2.75, 3.05) is 25.4 Å². The third kappa shape index (κ3) is 2.99. The van der Waals surface area contributed by atoms with Gasteiger partial charge in [-0.05, 0) is 32.4 Å². The molecule has 1 aromatic rings. The summed E-state index contributed by atoms with van der Waals surface area (Å²) in [5.74, 6) is 1.33. The Hall–Kier alpha value is -1.12. The van der Waals surface area contributed by atoms with Gasteiger partial charge < -0.3 is 14.5 Å². The summed E-state index contributed by atoms with van der Waals surface area (Å²) in [7, 11) is 0. The number of likely N-dealkylation sites (tertiary alicyclic amines) is 1. The van der Waals surface area contributed by atoms with E-state index in [1.165, 1.54) is 24.6 Å². The number of ether oxygens (including phenoxy) is 1. The molecule has 7 nitrogen and oxygen atoms in total. The summed E-state index contributed by atoms with van der Waals surface area (Å²) < 4.78 is 11.2. The molecule has 3 aliphatic rings. The summed E-state index contributed by atoms with van der Waals surface area (Å²) in [5, 5.41) is 11.3. The number of hydrogen-bond acceptors (Lipinski definition) is 7. The van der Waals surface area contributed by atoms with Crippen LogP contribution in [0.3, 0.4) is 0 Å². The zero-order chi connectivity index (χ0) is 15.8. The predicted molar refractivity (Wildman–Crippen MR) is 84.1 cm³/mol. The monoisotopic (exact) mass is 338 g/mol. The van der Waals surface area contributed by atoms with E-state index in [9.17, 15) is 4.79 Å². The van der Waals surface area contributed by atoms with Crippen molar-refractivity contribution in [3.05, 3.63) is 5.89 Å². The van der Waals surface area contributed by atoms with Crippen LogP contribution in [0.1, 0.15) is 25.2 Å². The second kappa shape index (κ2) is 6.41. The lowest BCUT2D eigenvalue weighted by atomic mass is 9.70. The summed E-state index contributed by atoms with van der Waals surface area (Å²) in [6.07, 6.45) is 3.86. The van der Waals surface area contributed by atoms with E-state index in [1.807, 2.05) is 0 Å². The zero-order valence-corrected chi connectivity index (χ0v) is 14.1. The number of rotatable bonds is 5. The molecular formula is C15H22N4O3S. The zero-order valence-electron chi connectivity index (χ0n) is 13.2. The van der Waals surface area contributed by atoms with Gasteiger partial charge in [0.05, 0.1) is 23.9 Å². The fourth-order valence-corrected chi connectivity index (χ4v) is 4.65. The third-order valence-corrected chi connectivity index (χ3v) is 5.89. The number of aromatic nitrogens is 2. The molecule has 3 heterocycles. The van der Waals surface area contributed by atoms with Crippen LogP contribution >= 0.6 is 11.8 Å². The van der Waals surface area contributed by atoms with Crippen LogP contribution in [0.2, 0.25) is 0 Å². The Kier molecular flexibility index (Phi) is 4.29. The average Bonchev–Trinajstić information content (AvgIpc) is 3.25. The highest BCUT2D eigenvalue weighted by atomic mass is 32.2. The number of nitrogens with zero attached hydrogens (tertiary/aromatic N) is 3. The van der Waals surface area contributed by atoms with Crippen molar-refractivity contribution in [3.63, 3.8) is 0 Å². The molecule has 4 atom stereocenters. The van der Waals surface area contributed by atoms with E-state index in [2.05, 4.69) is 20.4 Å². The maximum Gasteiger partial charge on any atom is 0.277 e. The quantitative estimate of drug-likeness (QED) is 0.797. The van der Waals surface area contributed by atoms with Crippen LogP contribution in [0.5, 0.6) is 0 Å². The van der Waals surface area contributed by atoms with Crippen molar-refractivity contribution in [1.82, 2.24) is 20.4 Å². The molecular weight excluding hydrogens is 316 g/mol. The Morgan fingerprint density at radius 1 is 1.39 bits per heavy atom. The van der Waals surface area contributed by atoms with Gasteiger partial charge in [0.2, 0.25) is 11.8 Å². The maximum atomic E-state index is 12.3. The molecule has 8 heteroatoms. The minimum absolute atomic E-state index is 0.0328. The molecule has 1 amide bonds. The van der Waals surface area contributed by atoms with E-state index in [0.717, 1.165) is 26.1 Å². The van der Waals surface area contributed by atoms with Crippen molar-refractivity contribution < 1.29 is 13.9 Å². The van der Waals surface area contributed by atoms with E-state index < -0.39 is 0 Å². The van der Waals surface area contributed by atoms with Gasteiger partial charge in [0, 0.05) is 19.4 Å². The molecule has 1 saturated carbocycles. The van der Waals surface area contributed by atoms with Crippen LogP contribution in [-0.4, -0.2) is 64.6 Å². The Bertz CT molecular complexity index is 570. The lowest BCUT2D eigenvalue weighted by Crippen LogP contribution is -2.70. The summed E-state index contributed by atoms with van der Waals surface area (Å²) in [4.78, 5) is 14.8. The van der Waals surface area contributed by atoms with Crippen LogP contribution in [-0.2, 0) is 9.53 Å². The molecule has 126 valence electrons. The van der Waals surface area contributed by atoms with E-state index in [-0.39, 0.29) is 11.9 Å². The number of nitrogens with one attached hydrogen (secondary N) is 1. The van der Waals surface area contributed by atoms with E-state index >= 15 is 0 Å². The third-order valence-electron chi connectivity index (χ3n) is 5.07. The number of thioether (sulfide) groups is 1. The average molecular weight is 338 g/mol. The van der Waals surface area contributed by atoms with E-state index in [1.54, 1.807) is 6.92 Å². The maximum absolute atomic E-state index is 12.3. The van der Waals surface area contributed by atoms with Gasteiger partial charge in [0.1, 0.15) is 0 Å². The first kappa shape index (κ1) is 15.4. The topological polar surface area (TPSA) is 80.5 Å². The van der Waals surface area contributed by atoms with Gasteiger partial charge in [-0.25, -0.2) is 0 Å². The summed E-state index contributed by atoms with van der Waals surface area (Å²) in [5.41, 5.74) is 0. The van der Waals surface area contributed by atoms with Gasteiger partial charge in [-0.15, -0.1) is 10.2 Å². The first-order valence-corrected chi connectivity index (χ1v) is 9.29. The number of fused-ring (bicyclic) bond motifs is 1. The van der Waals surface area contributed by atoms with Crippen LogP contribution in [0.4, 0.5) is 0 Å². The summed E-state index contributed by atoms with van der Waals surface area (Å²) in [6, 6.07) is 0.572. The lowest BCUT2D eigenvalue weighted by molar-refractivity contribution is -0.126. The minimum Gasteiger partial charge on any atom is -0.416 e. The smallest absolute Gasteiger partial charge is 0.277 e. The normalized spacial score (nSPS) is 33.4. The number of carbonyl (C=O) groups excluding carboxylic acids is 1. The molecule has 2 aliphatic heterocycles. The fourth-order valence-electron chi connectivity index (χ4n) is 4.03. The lowest BCUT2D eigenvalue weighted by Gasteiger charge is -2.51. The van der Waals surface area contributed by atoms with Crippen molar-refractivity contribution in [1.29, 1.82) is 0 Å². The number of hydrogen-bond donors (Lipinski definition) is 1. The van der Waals surface area contributed by atoms with Crippen molar-refractivity contribution >= 4 is 17.7 Å². The van der Waals surface area contributed by atoms with Gasteiger partial charge in [-0.3, -0.25) is 9.69 Å². The standard InChI is InChI=1S/C15H22N4O3S/c1-9-17-18-15(22-9)23-8-11(20)16-12-10-4-7-21-14(10)13(12)19-5-2-3-6-19/h10,12-14H,2-8H2,1H3,(H,16,20)/t10-,12+,13-,14-/m1/s1. The highest BCUT2D eigenvalue weighted by Crippen LogP contribution is 2.42. The second-order valence-electron chi connectivity index (χ2n) is 6.49. The summed E-state index contributed by atoms with van der Waals surface area (Å²) >= 11 is 1.29. The van der Waals surface area contributed by atoms with Crippen molar-refractivity contribution in [3.8, 4) is 0 Å². The summed E-state index contributed by atoms with van der Waals surface area (Å²) in [6.45, 7) is 4.81. The highest BCUT2D eigenvalue weighted by molar-refractivity contribution is 7.99. The number of amides is 1. The molecule has 23 heavy (non-hydrogen) atoms. The van der Waals surface area contributed by atoms with Gasteiger partial charge in [-0.2, -0.15) is 0 Å². The molecule has 3 fully saturated rings.